The van der Waals surface area contributed by atoms with E-state index in [4.69, 9.17) is 0 Å². The van der Waals surface area contributed by atoms with Crippen LogP contribution in [0.2, 0.25) is 0 Å². The molecular formula is C20H23N3O2S. The SMILES string of the molecule is CCCCCNC(=O)CSc1nc2cc3ccccc3cc2c(=O)n1C. The molecule has 1 N–H and O–H groups in total. The zero-order chi connectivity index (χ0) is 18.5. The number of unbranched alkanes of at least 4 members (excludes halogenated alkanes) is 2. The number of thioether (sulfide) groups is 1. The molecule has 0 spiro atoms. The highest BCUT2D eigenvalue weighted by Gasteiger charge is 2.11. The molecule has 0 radical (unpaired) electrons. The number of nitrogens with zero attached hydrogens (tertiary/aromatic N) is 2. The average Bonchev–Trinajstić information content (AvgIpc) is 2.66. The predicted octanol–water partition coefficient (Wildman–Crippen LogP) is 3.49. The summed E-state index contributed by atoms with van der Waals surface area (Å²) < 4.78 is 1.52. The topological polar surface area (TPSA) is 64.0 Å². The van der Waals surface area contributed by atoms with Crippen LogP contribution in [0.15, 0.2) is 46.3 Å². The number of carbonyl (C=O) groups excluding carboxylic acids is 1. The van der Waals surface area contributed by atoms with Crippen LogP contribution in [0.3, 0.4) is 0 Å². The third kappa shape index (κ3) is 4.07. The van der Waals surface area contributed by atoms with E-state index in [-0.39, 0.29) is 17.2 Å². The summed E-state index contributed by atoms with van der Waals surface area (Å²) in [6.07, 6.45) is 3.23. The Morgan fingerprint density at radius 2 is 1.92 bits per heavy atom. The predicted molar refractivity (Wildman–Crippen MR) is 108 cm³/mol. The van der Waals surface area contributed by atoms with Crippen LogP contribution >= 0.6 is 11.8 Å². The Kier molecular flexibility index (Phi) is 5.93. The van der Waals surface area contributed by atoms with Crippen LogP contribution in [0.25, 0.3) is 21.7 Å². The smallest absolute Gasteiger partial charge is 0.261 e. The van der Waals surface area contributed by atoms with Gasteiger partial charge in [0.15, 0.2) is 5.16 Å². The highest BCUT2D eigenvalue weighted by molar-refractivity contribution is 7.99. The van der Waals surface area contributed by atoms with Gasteiger partial charge in [0.1, 0.15) is 0 Å². The number of amides is 1. The lowest BCUT2D eigenvalue weighted by Gasteiger charge is -2.10. The van der Waals surface area contributed by atoms with E-state index in [9.17, 15) is 9.59 Å². The van der Waals surface area contributed by atoms with Crippen LogP contribution in [0.4, 0.5) is 0 Å². The van der Waals surface area contributed by atoms with Gasteiger partial charge in [-0.25, -0.2) is 4.98 Å². The first-order valence-electron chi connectivity index (χ1n) is 8.89. The maximum Gasteiger partial charge on any atom is 0.261 e. The van der Waals surface area contributed by atoms with Crippen molar-refractivity contribution in [3.05, 3.63) is 46.8 Å². The van der Waals surface area contributed by atoms with E-state index in [1.807, 2.05) is 36.4 Å². The first-order valence-corrected chi connectivity index (χ1v) is 9.87. The van der Waals surface area contributed by atoms with Crippen molar-refractivity contribution in [2.24, 2.45) is 7.05 Å². The Hall–Kier alpha value is -2.34. The number of nitrogens with one attached hydrogen (secondary N) is 1. The summed E-state index contributed by atoms with van der Waals surface area (Å²) in [5, 5.41) is 6.13. The van der Waals surface area contributed by atoms with Crippen molar-refractivity contribution in [2.75, 3.05) is 12.3 Å². The summed E-state index contributed by atoms with van der Waals surface area (Å²) in [4.78, 5) is 29.3. The average molecular weight is 369 g/mol. The largest absolute Gasteiger partial charge is 0.355 e. The summed E-state index contributed by atoms with van der Waals surface area (Å²) in [6, 6.07) is 11.7. The standard InChI is InChI=1S/C20H23N3O2S/c1-3-4-7-10-21-18(24)13-26-20-22-17-12-15-9-6-5-8-14(15)11-16(17)19(25)23(20)2/h5-6,8-9,11-12H,3-4,7,10,13H2,1-2H3,(H,21,24). The summed E-state index contributed by atoms with van der Waals surface area (Å²) in [5.41, 5.74) is 0.573. The third-order valence-electron chi connectivity index (χ3n) is 4.34. The van der Waals surface area contributed by atoms with E-state index < -0.39 is 0 Å². The third-order valence-corrected chi connectivity index (χ3v) is 5.37. The summed E-state index contributed by atoms with van der Waals surface area (Å²) >= 11 is 1.29. The maximum absolute atomic E-state index is 12.7. The molecule has 0 aliphatic carbocycles. The molecule has 0 saturated heterocycles. The second-order valence-corrected chi connectivity index (χ2v) is 7.26. The molecule has 136 valence electrons. The van der Waals surface area contributed by atoms with Crippen LogP contribution in [0, 0.1) is 0 Å². The first kappa shape index (κ1) is 18.5. The number of aromatic nitrogens is 2. The van der Waals surface area contributed by atoms with E-state index in [0.29, 0.717) is 22.6 Å². The molecule has 5 nitrogen and oxygen atoms in total. The molecule has 0 fully saturated rings. The van der Waals surface area contributed by atoms with E-state index in [0.717, 1.165) is 30.0 Å². The summed E-state index contributed by atoms with van der Waals surface area (Å²) in [5.74, 6) is 0.227. The number of rotatable bonds is 7. The van der Waals surface area contributed by atoms with Gasteiger partial charge in [-0.1, -0.05) is 55.8 Å². The lowest BCUT2D eigenvalue weighted by molar-refractivity contribution is -0.118. The zero-order valence-electron chi connectivity index (χ0n) is 15.1. The van der Waals surface area contributed by atoms with Gasteiger partial charge in [-0.15, -0.1) is 0 Å². The quantitative estimate of drug-likeness (QED) is 0.300. The van der Waals surface area contributed by atoms with Crippen molar-refractivity contribution in [1.82, 2.24) is 14.9 Å². The Morgan fingerprint density at radius 3 is 2.65 bits per heavy atom. The van der Waals surface area contributed by atoms with Crippen molar-refractivity contribution in [3.63, 3.8) is 0 Å². The highest BCUT2D eigenvalue weighted by atomic mass is 32.2. The van der Waals surface area contributed by atoms with Crippen molar-refractivity contribution in [2.45, 2.75) is 31.3 Å². The monoisotopic (exact) mass is 369 g/mol. The fraction of sp³-hybridized carbons (Fsp3) is 0.350. The molecule has 6 heteroatoms. The molecule has 26 heavy (non-hydrogen) atoms. The molecule has 2 aromatic carbocycles. The van der Waals surface area contributed by atoms with Crippen LogP contribution in [-0.4, -0.2) is 27.8 Å². The lowest BCUT2D eigenvalue weighted by Crippen LogP contribution is -2.27. The molecule has 1 aromatic heterocycles. The van der Waals surface area contributed by atoms with Gasteiger partial charge in [-0.05, 0) is 29.3 Å². The van der Waals surface area contributed by atoms with Crippen molar-refractivity contribution >= 4 is 39.3 Å². The van der Waals surface area contributed by atoms with Gasteiger partial charge in [-0.2, -0.15) is 0 Å². The van der Waals surface area contributed by atoms with Gasteiger partial charge in [0.05, 0.1) is 16.7 Å². The Labute approximate surface area is 156 Å². The molecule has 3 aromatic rings. The maximum atomic E-state index is 12.7. The highest BCUT2D eigenvalue weighted by Crippen LogP contribution is 2.22. The van der Waals surface area contributed by atoms with Crippen molar-refractivity contribution < 1.29 is 4.79 Å². The molecule has 0 saturated carbocycles. The second kappa shape index (κ2) is 8.36. The summed E-state index contributed by atoms with van der Waals surface area (Å²) in [6.45, 7) is 2.83. The molecule has 0 unspecified atom stereocenters. The van der Waals surface area contributed by atoms with Crippen LogP contribution in [0.5, 0.6) is 0 Å². The Balaban J connectivity index is 1.80. The van der Waals surface area contributed by atoms with Gasteiger partial charge < -0.3 is 5.32 Å². The Bertz CT molecular complexity index is 997. The van der Waals surface area contributed by atoms with E-state index in [2.05, 4.69) is 17.2 Å². The number of carbonyl (C=O) groups is 1. The van der Waals surface area contributed by atoms with E-state index in [1.165, 1.54) is 16.3 Å². The lowest BCUT2D eigenvalue weighted by atomic mass is 10.1. The van der Waals surface area contributed by atoms with E-state index in [1.54, 1.807) is 7.05 Å². The zero-order valence-corrected chi connectivity index (χ0v) is 15.9. The minimum absolute atomic E-state index is 0.0287. The molecule has 0 aliphatic heterocycles. The molecule has 1 heterocycles. The summed E-state index contributed by atoms with van der Waals surface area (Å²) in [7, 11) is 1.70. The second-order valence-electron chi connectivity index (χ2n) is 6.32. The molecule has 3 rings (SSSR count). The van der Waals surface area contributed by atoms with Gasteiger partial charge in [-0.3, -0.25) is 14.2 Å². The van der Waals surface area contributed by atoms with Crippen molar-refractivity contribution in [3.8, 4) is 0 Å². The van der Waals surface area contributed by atoms with Crippen LogP contribution < -0.4 is 10.9 Å². The Morgan fingerprint density at radius 1 is 1.19 bits per heavy atom. The van der Waals surface area contributed by atoms with Gasteiger partial charge in [0.25, 0.3) is 5.56 Å². The minimum atomic E-state index is -0.0911. The first-order chi connectivity index (χ1) is 12.6. The van der Waals surface area contributed by atoms with E-state index >= 15 is 0 Å². The number of benzene rings is 2. The normalized spacial score (nSPS) is 11.2. The fourth-order valence-corrected chi connectivity index (χ4v) is 3.65. The molecule has 0 bridgehead atoms. The van der Waals surface area contributed by atoms with Gasteiger partial charge in [0.2, 0.25) is 5.91 Å². The molecular weight excluding hydrogens is 346 g/mol. The fourth-order valence-electron chi connectivity index (χ4n) is 2.85. The number of hydrogen-bond acceptors (Lipinski definition) is 4. The van der Waals surface area contributed by atoms with Crippen molar-refractivity contribution in [1.29, 1.82) is 0 Å². The molecule has 1 amide bonds. The van der Waals surface area contributed by atoms with Crippen LogP contribution in [-0.2, 0) is 11.8 Å². The molecule has 0 atom stereocenters. The minimum Gasteiger partial charge on any atom is -0.355 e. The molecule has 0 aliphatic rings. The number of hydrogen-bond donors (Lipinski definition) is 1. The van der Waals surface area contributed by atoms with Crippen LogP contribution in [0.1, 0.15) is 26.2 Å². The van der Waals surface area contributed by atoms with Gasteiger partial charge >= 0.3 is 0 Å². The van der Waals surface area contributed by atoms with Gasteiger partial charge in [0, 0.05) is 13.6 Å². The number of fused-ring (bicyclic) bond motifs is 2.